The Morgan fingerprint density at radius 2 is 1.55 bits per heavy atom. The first-order chi connectivity index (χ1) is 26.1. The smallest absolute Gasteiger partial charge is 0.408 e. The molecular weight excluding hydrogens is 734 g/mol. The minimum absolute atomic E-state index is 0.0761. The fourth-order valence-electron chi connectivity index (χ4n) is 7.23. The molecule has 1 aliphatic carbocycles. The fraction of sp³-hybridized carbons (Fsp3) is 0.711. The molecule has 1 aromatic carbocycles. The van der Waals surface area contributed by atoms with Gasteiger partial charge in [-0.25, -0.2) is 14.4 Å². The molecule has 7 N–H and O–H groups in total. The normalized spacial score (nSPS) is 32.2. The number of benzene rings is 1. The van der Waals surface area contributed by atoms with Crippen LogP contribution in [0.3, 0.4) is 0 Å². The summed E-state index contributed by atoms with van der Waals surface area (Å²) in [6, 6.07) is 3.81. The maximum Gasteiger partial charge on any atom is 0.408 e. The van der Waals surface area contributed by atoms with E-state index >= 15 is 0 Å². The summed E-state index contributed by atoms with van der Waals surface area (Å²) in [7, 11) is 1.59. The molecule has 2 heterocycles. The lowest BCUT2D eigenvalue weighted by Crippen LogP contribution is -2.67. The van der Waals surface area contributed by atoms with Crippen LogP contribution in [-0.2, 0) is 35.0 Å². The lowest BCUT2D eigenvalue weighted by atomic mass is 9.70. The van der Waals surface area contributed by atoms with Gasteiger partial charge in [0.25, 0.3) is 0 Å². The molecule has 2 fully saturated rings. The van der Waals surface area contributed by atoms with Crippen molar-refractivity contribution >= 4 is 24.0 Å². The number of carbonyl (C=O) groups excluding carboxylic acids is 3. The lowest BCUT2D eigenvalue weighted by molar-refractivity contribution is -0.301. The molecule has 1 saturated carbocycles. The lowest BCUT2D eigenvalue weighted by Gasteiger charge is -2.51. The van der Waals surface area contributed by atoms with Crippen molar-refractivity contribution in [3.05, 3.63) is 46.6 Å². The van der Waals surface area contributed by atoms with Crippen molar-refractivity contribution in [1.82, 2.24) is 21.3 Å². The van der Waals surface area contributed by atoms with Crippen LogP contribution in [0.15, 0.2) is 41.3 Å². The van der Waals surface area contributed by atoms with Crippen LogP contribution in [0.2, 0.25) is 0 Å². The van der Waals surface area contributed by atoms with E-state index in [4.69, 9.17) is 28.4 Å². The third kappa shape index (κ3) is 12.2. The molecule has 0 spiro atoms. The molecule has 4 rings (SSSR count). The zero-order valence-electron chi connectivity index (χ0n) is 33.6. The van der Waals surface area contributed by atoms with Crippen molar-refractivity contribution in [2.45, 2.75) is 140 Å². The number of rotatable bonds is 11. The van der Waals surface area contributed by atoms with E-state index in [-0.39, 0.29) is 38.3 Å². The molecule has 11 atom stereocenters. The van der Waals surface area contributed by atoms with Gasteiger partial charge in [0, 0.05) is 12.0 Å². The van der Waals surface area contributed by atoms with E-state index in [1.54, 1.807) is 66.8 Å². The van der Waals surface area contributed by atoms with Gasteiger partial charge in [0.15, 0.2) is 6.29 Å². The monoisotopic (exact) mass is 793 g/mol. The third-order valence-corrected chi connectivity index (χ3v) is 9.70. The minimum Gasteiger partial charge on any atom is -0.491 e. The molecular formula is C38H59N5O13. The quantitative estimate of drug-likeness (QED) is 0.126. The molecule has 0 radical (unpaired) electrons. The van der Waals surface area contributed by atoms with Gasteiger partial charge in [-0.05, 0) is 103 Å². The Kier molecular flexibility index (Phi) is 14.7. The molecule has 56 heavy (non-hydrogen) atoms. The van der Waals surface area contributed by atoms with Crippen molar-refractivity contribution < 1.29 is 58.1 Å². The van der Waals surface area contributed by atoms with E-state index in [9.17, 15) is 34.6 Å². The number of ether oxygens (including phenoxy) is 6. The summed E-state index contributed by atoms with van der Waals surface area (Å²) in [6.45, 7) is 13.3. The number of nitrogens with one attached hydrogen (secondary N) is 4. The third-order valence-electron chi connectivity index (χ3n) is 9.70. The molecule has 1 aromatic rings. The van der Waals surface area contributed by atoms with Crippen LogP contribution in [0.4, 0.5) is 20.1 Å². The van der Waals surface area contributed by atoms with Crippen LogP contribution in [0, 0.1) is 16.7 Å². The molecule has 3 amide bonds. The summed E-state index contributed by atoms with van der Waals surface area (Å²) in [6.07, 6.45) is -6.10. The van der Waals surface area contributed by atoms with Gasteiger partial charge in [-0.1, -0.05) is 19.1 Å². The Morgan fingerprint density at radius 3 is 2.12 bits per heavy atom. The molecule has 3 aliphatic rings. The summed E-state index contributed by atoms with van der Waals surface area (Å²) in [5.74, 6) is -1.11. The molecule has 1 saturated heterocycles. The number of amides is 3. The van der Waals surface area contributed by atoms with Gasteiger partial charge in [-0.3, -0.25) is 0 Å². The SMILES string of the molecule is CNC1C(O)C(OC2C(C)CC(NC(=O)OC(C)(C)C)C(C3OC(CNC(=O)OCc4ccc(N=O)cc4)=CCC3NC(=O)OC(C)(C)C)C2O)OCC1(C)O. The summed E-state index contributed by atoms with van der Waals surface area (Å²) >= 11 is 0. The molecule has 314 valence electrons. The van der Waals surface area contributed by atoms with Crippen molar-refractivity contribution in [2.24, 2.45) is 17.0 Å². The van der Waals surface area contributed by atoms with Gasteiger partial charge >= 0.3 is 18.3 Å². The second-order valence-electron chi connectivity index (χ2n) is 16.9. The van der Waals surface area contributed by atoms with Gasteiger partial charge in [-0.15, -0.1) is 4.91 Å². The number of carbonyl (C=O) groups is 3. The van der Waals surface area contributed by atoms with Crippen LogP contribution in [-0.4, -0.2) is 119 Å². The first kappa shape index (κ1) is 44.6. The van der Waals surface area contributed by atoms with Crippen molar-refractivity contribution in [1.29, 1.82) is 0 Å². The second kappa shape index (κ2) is 18.5. The Bertz CT molecular complexity index is 1540. The predicted octanol–water partition coefficient (Wildman–Crippen LogP) is 3.23. The first-order valence-corrected chi connectivity index (χ1v) is 18.8. The van der Waals surface area contributed by atoms with E-state index in [1.807, 2.05) is 6.92 Å². The summed E-state index contributed by atoms with van der Waals surface area (Å²) in [5.41, 5.74) is -2.20. The zero-order chi connectivity index (χ0) is 41.6. The van der Waals surface area contributed by atoms with Crippen LogP contribution >= 0.6 is 0 Å². The highest BCUT2D eigenvalue weighted by molar-refractivity contribution is 5.69. The standard InChI is InChI=1S/C38H59N5O13/c1-20-16-25(42-35(48)56-37(5,6)7)26(27(44)29(20)54-32-28(45)31(39-9)38(8,49)19-52-32)30-24(41-34(47)55-36(2,3)4)15-14-23(53-30)17-40-33(46)51-18-21-10-12-22(43-50)13-11-21/h10-14,20,24-32,39,44-45,49H,15-19H2,1-9H3,(H,40,46)(H,41,47)(H,42,48). The number of hydrogen-bond donors (Lipinski definition) is 7. The van der Waals surface area contributed by atoms with Gasteiger partial charge in [0.2, 0.25) is 0 Å². The Morgan fingerprint density at radius 1 is 0.946 bits per heavy atom. The maximum atomic E-state index is 13.2. The average Bonchev–Trinajstić information content (AvgIpc) is 3.08. The van der Waals surface area contributed by atoms with E-state index < -0.39 is 95.8 Å². The number of hydrogen-bond acceptors (Lipinski definition) is 15. The Hall–Kier alpha value is -4.07. The van der Waals surface area contributed by atoms with Crippen molar-refractivity contribution in [2.75, 3.05) is 20.2 Å². The summed E-state index contributed by atoms with van der Waals surface area (Å²) in [4.78, 5) is 49.8. The second-order valence-corrected chi connectivity index (χ2v) is 16.9. The van der Waals surface area contributed by atoms with Crippen molar-refractivity contribution in [3.63, 3.8) is 0 Å². The summed E-state index contributed by atoms with van der Waals surface area (Å²) in [5, 5.41) is 48.4. The minimum atomic E-state index is -1.41. The number of aliphatic hydroxyl groups is 3. The van der Waals surface area contributed by atoms with E-state index in [0.29, 0.717) is 11.3 Å². The first-order valence-electron chi connectivity index (χ1n) is 18.8. The molecule has 18 heteroatoms. The van der Waals surface area contributed by atoms with Gasteiger partial charge < -0.3 is 65.0 Å². The van der Waals surface area contributed by atoms with Crippen LogP contribution in [0.1, 0.15) is 73.8 Å². The van der Waals surface area contributed by atoms with Crippen LogP contribution < -0.4 is 21.3 Å². The van der Waals surface area contributed by atoms with Gasteiger partial charge in [0.05, 0.1) is 37.4 Å². The van der Waals surface area contributed by atoms with Gasteiger partial charge in [0.1, 0.15) is 47.1 Å². The molecule has 11 unspecified atom stereocenters. The number of nitroso groups, excluding NO2 is 1. The molecule has 0 aromatic heterocycles. The highest BCUT2D eigenvalue weighted by Crippen LogP contribution is 2.40. The van der Waals surface area contributed by atoms with Gasteiger partial charge in [-0.2, -0.15) is 0 Å². The number of likely N-dealkylation sites (N-methyl/N-ethyl adjacent to an activating group) is 1. The van der Waals surface area contributed by atoms with Crippen LogP contribution in [0.5, 0.6) is 0 Å². The highest BCUT2D eigenvalue weighted by Gasteiger charge is 2.54. The van der Waals surface area contributed by atoms with Crippen LogP contribution in [0.25, 0.3) is 0 Å². The zero-order valence-corrected chi connectivity index (χ0v) is 33.6. The average molecular weight is 794 g/mol. The molecule has 0 bridgehead atoms. The van der Waals surface area contributed by atoms with Crippen molar-refractivity contribution in [3.8, 4) is 0 Å². The Labute approximate surface area is 327 Å². The number of alkyl carbamates (subject to hydrolysis) is 3. The number of nitrogens with zero attached hydrogens (tertiary/aromatic N) is 1. The number of aliphatic hydroxyl groups excluding tert-OH is 2. The van der Waals surface area contributed by atoms with E-state index in [2.05, 4.69) is 26.4 Å². The molecule has 2 aliphatic heterocycles. The predicted molar refractivity (Wildman–Crippen MR) is 201 cm³/mol. The fourth-order valence-corrected chi connectivity index (χ4v) is 7.23. The van der Waals surface area contributed by atoms with E-state index in [1.165, 1.54) is 19.1 Å². The highest BCUT2D eigenvalue weighted by atomic mass is 16.7. The topological polar surface area (TPSA) is 245 Å². The Balaban J connectivity index is 1.61. The maximum absolute atomic E-state index is 13.2. The van der Waals surface area contributed by atoms with E-state index in [0.717, 1.165) is 0 Å². The molecule has 18 nitrogen and oxygen atoms in total. The summed E-state index contributed by atoms with van der Waals surface area (Å²) < 4.78 is 35.0. The largest absolute Gasteiger partial charge is 0.491 e.